The number of nitrogens with one attached hydrogen (secondary N) is 3. The molecule has 3 N–H and O–H groups in total. The third-order valence-electron chi connectivity index (χ3n) is 4.75. The number of aromatic nitrogens is 3. The molecule has 0 saturated carbocycles. The number of hydrogen-bond acceptors (Lipinski definition) is 6. The normalized spacial score (nSPS) is 13.0. The SMILES string of the molecule is COc1cc(-c2ccc3c(c2NC(=O)NS(=O)(=O)c2cc[nH]n2)CCC3)ccn1. The molecule has 0 aliphatic heterocycles. The maximum absolute atomic E-state index is 12.6. The monoisotopic (exact) mass is 413 g/mol. The van der Waals surface area contributed by atoms with Crippen molar-refractivity contribution in [3.63, 3.8) is 0 Å². The smallest absolute Gasteiger partial charge is 0.333 e. The number of carbonyl (C=O) groups is 1. The lowest BCUT2D eigenvalue weighted by molar-refractivity contribution is 0.256. The van der Waals surface area contributed by atoms with Gasteiger partial charge in [-0.2, -0.15) is 13.5 Å². The molecule has 4 rings (SSSR count). The van der Waals surface area contributed by atoms with Gasteiger partial charge in [0, 0.05) is 24.0 Å². The quantitative estimate of drug-likeness (QED) is 0.590. The summed E-state index contributed by atoms with van der Waals surface area (Å²) in [4.78, 5) is 16.7. The molecule has 10 heteroatoms. The fourth-order valence-electron chi connectivity index (χ4n) is 3.45. The average Bonchev–Trinajstić information content (AvgIpc) is 3.40. The van der Waals surface area contributed by atoms with E-state index in [0.29, 0.717) is 11.6 Å². The number of H-pyrrole nitrogens is 1. The highest BCUT2D eigenvalue weighted by atomic mass is 32.2. The van der Waals surface area contributed by atoms with Gasteiger partial charge in [-0.3, -0.25) is 5.10 Å². The Hall–Kier alpha value is -3.40. The first-order valence-electron chi connectivity index (χ1n) is 8.96. The first-order valence-corrected chi connectivity index (χ1v) is 10.4. The number of pyridine rings is 1. The van der Waals surface area contributed by atoms with Crippen LogP contribution in [0.15, 0.2) is 47.8 Å². The van der Waals surface area contributed by atoms with Gasteiger partial charge in [-0.1, -0.05) is 12.1 Å². The molecule has 1 aromatic carbocycles. The molecule has 0 saturated heterocycles. The van der Waals surface area contributed by atoms with Crippen LogP contribution >= 0.6 is 0 Å². The molecule has 0 atom stereocenters. The molecule has 2 aromatic heterocycles. The van der Waals surface area contributed by atoms with Gasteiger partial charge in [0.15, 0.2) is 5.03 Å². The van der Waals surface area contributed by atoms with Crippen LogP contribution in [0.5, 0.6) is 5.88 Å². The molecule has 0 unspecified atom stereocenters. The lowest BCUT2D eigenvalue weighted by Crippen LogP contribution is -2.35. The van der Waals surface area contributed by atoms with Crippen molar-refractivity contribution >= 4 is 21.7 Å². The molecule has 0 fully saturated rings. The van der Waals surface area contributed by atoms with Crippen LogP contribution in [-0.4, -0.2) is 36.7 Å². The summed E-state index contributed by atoms with van der Waals surface area (Å²) in [7, 11) is -2.54. The van der Waals surface area contributed by atoms with Crippen molar-refractivity contribution < 1.29 is 17.9 Å². The van der Waals surface area contributed by atoms with E-state index in [9.17, 15) is 13.2 Å². The summed E-state index contributed by atoms with van der Waals surface area (Å²) in [6, 6.07) is 7.94. The van der Waals surface area contributed by atoms with Gasteiger partial charge >= 0.3 is 6.03 Å². The molecule has 9 nitrogen and oxygen atoms in total. The Balaban J connectivity index is 1.69. The summed E-state index contributed by atoms with van der Waals surface area (Å²) in [5, 5.41) is 8.51. The van der Waals surface area contributed by atoms with Gasteiger partial charge in [0.1, 0.15) is 0 Å². The topological polar surface area (TPSA) is 126 Å². The summed E-state index contributed by atoms with van der Waals surface area (Å²) >= 11 is 0. The number of aryl methyl sites for hydroxylation is 1. The van der Waals surface area contributed by atoms with Crippen molar-refractivity contribution in [2.24, 2.45) is 0 Å². The lowest BCUT2D eigenvalue weighted by Gasteiger charge is -2.17. The summed E-state index contributed by atoms with van der Waals surface area (Å²) in [6.45, 7) is 0. The zero-order chi connectivity index (χ0) is 20.4. The van der Waals surface area contributed by atoms with Crippen LogP contribution in [0.1, 0.15) is 17.5 Å². The number of amides is 2. The Morgan fingerprint density at radius 1 is 1.21 bits per heavy atom. The summed E-state index contributed by atoms with van der Waals surface area (Å²) in [5.74, 6) is 0.444. The average molecular weight is 413 g/mol. The maximum Gasteiger partial charge on any atom is 0.333 e. The van der Waals surface area contributed by atoms with E-state index in [2.05, 4.69) is 20.5 Å². The number of sulfonamides is 1. The zero-order valence-corrected chi connectivity index (χ0v) is 16.4. The molecule has 29 heavy (non-hydrogen) atoms. The van der Waals surface area contributed by atoms with Gasteiger partial charge in [-0.25, -0.2) is 14.5 Å². The fraction of sp³-hybridized carbons (Fsp3) is 0.211. The summed E-state index contributed by atoms with van der Waals surface area (Å²) in [6.07, 6.45) is 5.67. The number of aromatic amines is 1. The number of urea groups is 1. The number of methoxy groups -OCH3 is 1. The molecule has 1 aliphatic carbocycles. The first kappa shape index (κ1) is 18.9. The maximum atomic E-state index is 12.6. The molecule has 3 aromatic rings. The van der Waals surface area contributed by atoms with E-state index in [4.69, 9.17) is 4.74 Å². The minimum atomic E-state index is -4.07. The van der Waals surface area contributed by atoms with E-state index >= 15 is 0 Å². The Labute approximate surface area is 167 Å². The number of anilines is 1. The predicted molar refractivity (Wildman–Crippen MR) is 106 cm³/mol. The number of carbonyl (C=O) groups excluding carboxylic acids is 1. The first-order chi connectivity index (χ1) is 14.0. The van der Waals surface area contributed by atoms with Crippen LogP contribution in [-0.2, 0) is 22.9 Å². The van der Waals surface area contributed by atoms with Crippen LogP contribution in [0.3, 0.4) is 0 Å². The number of hydrogen-bond donors (Lipinski definition) is 3. The Morgan fingerprint density at radius 2 is 2.07 bits per heavy atom. The second-order valence-electron chi connectivity index (χ2n) is 6.54. The van der Waals surface area contributed by atoms with Crippen molar-refractivity contribution in [2.45, 2.75) is 24.3 Å². The molecular formula is C19H19N5O4S. The minimum Gasteiger partial charge on any atom is -0.481 e. The minimum absolute atomic E-state index is 0.259. The molecule has 1 aliphatic rings. The van der Waals surface area contributed by atoms with Crippen molar-refractivity contribution in [1.29, 1.82) is 0 Å². The highest BCUT2D eigenvalue weighted by Crippen LogP contribution is 2.38. The second-order valence-corrected chi connectivity index (χ2v) is 8.17. The van der Waals surface area contributed by atoms with E-state index in [1.165, 1.54) is 19.4 Å². The summed E-state index contributed by atoms with van der Waals surface area (Å²) < 4.78 is 31.8. The van der Waals surface area contributed by atoms with Gasteiger partial charge in [0.2, 0.25) is 5.88 Å². The molecule has 0 radical (unpaired) electrons. The van der Waals surface area contributed by atoms with Crippen molar-refractivity contribution in [3.8, 4) is 17.0 Å². The van der Waals surface area contributed by atoms with E-state index in [1.807, 2.05) is 22.9 Å². The number of nitrogens with zero attached hydrogens (tertiary/aromatic N) is 2. The van der Waals surface area contributed by atoms with Gasteiger partial charge in [0.25, 0.3) is 10.0 Å². The van der Waals surface area contributed by atoms with Crippen molar-refractivity contribution in [1.82, 2.24) is 19.9 Å². The summed E-state index contributed by atoms with van der Waals surface area (Å²) in [5.41, 5.74) is 4.30. The Bertz CT molecular complexity index is 1160. The van der Waals surface area contributed by atoms with E-state index in [0.717, 1.165) is 41.5 Å². The fourth-order valence-corrected chi connectivity index (χ4v) is 4.27. The van der Waals surface area contributed by atoms with E-state index in [1.54, 1.807) is 12.3 Å². The largest absolute Gasteiger partial charge is 0.481 e. The zero-order valence-electron chi connectivity index (χ0n) is 15.6. The highest BCUT2D eigenvalue weighted by Gasteiger charge is 2.24. The van der Waals surface area contributed by atoms with Crippen molar-refractivity contribution in [2.75, 3.05) is 12.4 Å². The van der Waals surface area contributed by atoms with Crippen molar-refractivity contribution in [3.05, 3.63) is 53.9 Å². The standard InChI is InChI=1S/C19H19N5O4S/c1-28-16-11-13(7-9-20-16)15-6-5-12-3-2-4-14(12)18(15)22-19(25)24-29(26,27)17-8-10-21-23-17/h5-11H,2-4H2,1H3,(H,21,23)(H2,22,24,25). The molecule has 2 amide bonds. The van der Waals surface area contributed by atoms with Crippen LogP contribution in [0.4, 0.5) is 10.5 Å². The molecule has 2 heterocycles. The molecular weight excluding hydrogens is 394 g/mol. The number of rotatable bonds is 5. The second kappa shape index (κ2) is 7.55. The number of ether oxygens (including phenoxy) is 1. The molecule has 150 valence electrons. The lowest BCUT2D eigenvalue weighted by atomic mass is 9.98. The van der Waals surface area contributed by atoms with Gasteiger partial charge < -0.3 is 10.1 Å². The van der Waals surface area contributed by atoms with Gasteiger partial charge in [0.05, 0.1) is 12.8 Å². The van der Waals surface area contributed by atoms with E-state index in [-0.39, 0.29) is 5.03 Å². The van der Waals surface area contributed by atoms with Gasteiger partial charge in [-0.15, -0.1) is 0 Å². The third kappa shape index (κ3) is 3.79. The van der Waals surface area contributed by atoms with Crippen LogP contribution < -0.4 is 14.8 Å². The van der Waals surface area contributed by atoms with E-state index < -0.39 is 16.1 Å². The Morgan fingerprint density at radius 3 is 2.83 bits per heavy atom. The van der Waals surface area contributed by atoms with Crippen LogP contribution in [0.2, 0.25) is 0 Å². The molecule has 0 bridgehead atoms. The van der Waals surface area contributed by atoms with Crippen LogP contribution in [0.25, 0.3) is 11.1 Å². The third-order valence-corrected chi connectivity index (χ3v) is 5.99. The number of fused-ring (bicyclic) bond motifs is 1. The van der Waals surface area contributed by atoms with Crippen LogP contribution in [0, 0.1) is 0 Å². The highest BCUT2D eigenvalue weighted by molar-refractivity contribution is 7.90. The van der Waals surface area contributed by atoms with Gasteiger partial charge in [-0.05, 0) is 48.1 Å². The number of benzene rings is 1. The molecule has 0 spiro atoms. The predicted octanol–water partition coefficient (Wildman–Crippen LogP) is 2.48. The Kier molecular flexibility index (Phi) is 4.93.